The number of hydrogen-bond acceptors (Lipinski definition) is 5. The van der Waals surface area contributed by atoms with Crippen molar-refractivity contribution in [2.45, 2.75) is 45.0 Å². The molecule has 2 unspecified atom stereocenters. The number of amides is 1. The van der Waals surface area contributed by atoms with Crippen LogP contribution >= 0.6 is 23.2 Å². The molecule has 0 bridgehead atoms. The van der Waals surface area contributed by atoms with Crippen molar-refractivity contribution in [2.24, 2.45) is 0 Å². The maximum atomic E-state index is 13.1. The lowest BCUT2D eigenvalue weighted by Gasteiger charge is -2.31. The molecule has 1 fully saturated rings. The molecule has 2 atom stereocenters. The maximum absolute atomic E-state index is 13.1. The van der Waals surface area contributed by atoms with Gasteiger partial charge in [-0.15, -0.1) is 0 Å². The number of halogens is 2. The Hall–Kier alpha value is -2.45. The molecule has 1 amide bonds. The van der Waals surface area contributed by atoms with E-state index < -0.39 is 0 Å². The fourth-order valence-electron chi connectivity index (χ4n) is 4.11. The van der Waals surface area contributed by atoms with E-state index in [9.17, 15) is 4.79 Å². The number of nitrogens with one attached hydrogen (secondary N) is 2. The lowest BCUT2D eigenvalue weighted by atomic mass is 9.92. The van der Waals surface area contributed by atoms with Crippen LogP contribution in [-0.2, 0) is 17.8 Å². The highest BCUT2D eigenvalue weighted by atomic mass is 35.5. The van der Waals surface area contributed by atoms with Crippen LogP contribution in [-0.4, -0.2) is 40.3 Å². The van der Waals surface area contributed by atoms with Crippen LogP contribution in [0.1, 0.15) is 51.9 Å². The Morgan fingerprint density at radius 2 is 2.09 bits per heavy atom. The number of nitrogens with zero attached hydrogens (tertiary/aromatic N) is 3. The number of imidazole rings is 1. The summed E-state index contributed by atoms with van der Waals surface area (Å²) in [6.45, 7) is 3.79. The van der Waals surface area contributed by atoms with Crippen molar-refractivity contribution >= 4 is 29.1 Å². The van der Waals surface area contributed by atoms with Gasteiger partial charge < -0.3 is 14.6 Å². The van der Waals surface area contributed by atoms with E-state index in [2.05, 4.69) is 21.7 Å². The Balaban J connectivity index is 1.60. The van der Waals surface area contributed by atoms with E-state index in [-0.39, 0.29) is 18.1 Å². The fraction of sp³-hybridized carbons (Fsp3) is 0.375. The van der Waals surface area contributed by atoms with Gasteiger partial charge in [-0.1, -0.05) is 29.3 Å². The molecular formula is C24H27Cl2N5O2. The normalized spacial score (nSPS) is 18.3. The van der Waals surface area contributed by atoms with Crippen LogP contribution in [0.15, 0.2) is 42.7 Å². The first-order chi connectivity index (χ1) is 15.9. The van der Waals surface area contributed by atoms with Gasteiger partial charge in [0, 0.05) is 44.2 Å². The zero-order valence-electron chi connectivity index (χ0n) is 18.6. The van der Waals surface area contributed by atoms with Gasteiger partial charge in [0.15, 0.2) is 0 Å². The smallest absolute Gasteiger partial charge is 0.270 e. The molecule has 1 aliphatic rings. The number of hydrogen-bond donors (Lipinski definition) is 2. The standard InChI is InChI=1S/C24H27Cl2N5O2/c1-15-27-8-9-31(15)14-17-11-21(18-4-3-7-28-24(18)33-2)30-22(12-17)23(32)29-13-16-5-6-19(25)20(26)10-16/h5-6,8-12,18,24,28H,3-4,7,13-14H2,1-2H3,(H,29,32). The number of pyridine rings is 1. The van der Waals surface area contributed by atoms with Crippen LogP contribution in [0.3, 0.4) is 0 Å². The third-order valence-electron chi connectivity index (χ3n) is 5.89. The van der Waals surface area contributed by atoms with Crippen molar-refractivity contribution in [1.29, 1.82) is 0 Å². The quantitative estimate of drug-likeness (QED) is 0.518. The summed E-state index contributed by atoms with van der Waals surface area (Å²) >= 11 is 12.1. The van der Waals surface area contributed by atoms with E-state index in [0.717, 1.165) is 42.0 Å². The number of aryl methyl sites for hydroxylation is 1. The van der Waals surface area contributed by atoms with E-state index in [4.69, 9.17) is 32.9 Å². The van der Waals surface area contributed by atoms with E-state index in [1.807, 2.05) is 29.8 Å². The highest BCUT2D eigenvalue weighted by molar-refractivity contribution is 6.42. The molecule has 1 aliphatic heterocycles. The SMILES string of the molecule is COC1NCCCC1c1cc(Cn2ccnc2C)cc(C(=O)NCc2ccc(Cl)c(Cl)c2)n1. The van der Waals surface area contributed by atoms with Crippen molar-refractivity contribution in [2.75, 3.05) is 13.7 Å². The summed E-state index contributed by atoms with van der Waals surface area (Å²) in [5.74, 6) is 0.728. The first kappa shape index (κ1) is 23.7. The molecule has 1 saturated heterocycles. The second kappa shape index (κ2) is 10.7. The Morgan fingerprint density at radius 3 is 2.82 bits per heavy atom. The van der Waals surface area contributed by atoms with Crippen LogP contribution in [0, 0.1) is 6.92 Å². The molecule has 2 N–H and O–H groups in total. The van der Waals surface area contributed by atoms with Gasteiger partial charge >= 0.3 is 0 Å². The highest BCUT2D eigenvalue weighted by Gasteiger charge is 2.28. The summed E-state index contributed by atoms with van der Waals surface area (Å²) in [6, 6.07) is 9.21. The fourth-order valence-corrected chi connectivity index (χ4v) is 4.43. The first-order valence-electron chi connectivity index (χ1n) is 10.9. The molecule has 3 heterocycles. The van der Waals surface area contributed by atoms with Crippen molar-refractivity contribution in [3.05, 3.63) is 81.1 Å². The van der Waals surface area contributed by atoms with E-state index in [1.54, 1.807) is 25.4 Å². The van der Waals surface area contributed by atoms with Crippen LogP contribution in [0.5, 0.6) is 0 Å². The van der Waals surface area contributed by atoms with Gasteiger partial charge in [-0.3, -0.25) is 10.1 Å². The molecule has 0 aliphatic carbocycles. The second-order valence-corrected chi connectivity index (χ2v) is 8.99. The number of aromatic nitrogens is 3. The Bertz CT molecular complexity index is 1130. The largest absolute Gasteiger partial charge is 0.366 e. The Kier molecular flexibility index (Phi) is 7.65. The van der Waals surface area contributed by atoms with Gasteiger partial charge in [-0.25, -0.2) is 9.97 Å². The van der Waals surface area contributed by atoms with Crippen molar-refractivity contribution in [3.63, 3.8) is 0 Å². The lowest BCUT2D eigenvalue weighted by molar-refractivity contribution is 0.0328. The third-order valence-corrected chi connectivity index (χ3v) is 6.63. The van der Waals surface area contributed by atoms with Gasteiger partial charge in [0.2, 0.25) is 0 Å². The number of carbonyl (C=O) groups excluding carboxylic acids is 1. The van der Waals surface area contributed by atoms with Crippen molar-refractivity contribution < 1.29 is 9.53 Å². The average molecular weight is 488 g/mol. The average Bonchev–Trinajstić information content (AvgIpc) is 3.23. The summed E-state index contributed by atoms with van der Waals surface area (Å²) in [5.41, 5.74) is 3.07. The number of methoxy groups -OCH3 is 1. The van der Waals surface area contributed by atoms with Gasteiger partial charge in [-0.2, -0.15) is 0 Å². The van der Waals surface area contributed by atoms with E-state index in [0.29, 0.717) is 28.8 Å². The molecule has 1 aromatic carbocycles. The van der Waals surface area contributed by atoms with Gasteiger partial charge in [0.05, 0.1) is 10.0 Å². The molecule has 0 radical (unpaired) electrons. The topological polar surface area (TPSA) is 81.1 Å². The highest BCUT2D eigenvalue weighted by Crippen LogP contribution is 2.28. The molecule has 4 rings (SSSR count). The van der Waals surface area contributed by atoms with Crippen LogP contribution in [0.25, 0.3) is 0 Å². The van der Waals surface area contributed by atoms with Crippen molar-refractivity contribution in [1.82, 2.24) is 25.2 Å². The van der Waals surface area contributed by atoms with Gasteiger partial charge in [0.1, 0.15) is 17.7 Å². The van der Waals surface area contributed by atoms with Crippen LogP contribution < -0.4 is 10.6 Å². The minimum atomic E-state index is -0.246. The van der Waals surface area contributed by atoms with Crippen molar-refractivity contribution in [3.8, 4) is 0 Å². The number of ether oxygens (including phenoxy) is 1. The van der Waals surface area contributed by atoms with Crippen LogP contribution in [0.2, 0.25) is 10.0 Å². The number of rotatable bonds is 7. The molecule has 0 saturated carbocycles. The monoisotopic (exact) mass is 487 g/mol. The van der Waals surface area contributed by atoms with Gasteiger partial charge in [-0.05, 0) is 61.7 Å². The minimum absolute atomic E-state index is 0.0641. The predicted octanol–water partition coefficient (Wildman–Crippen LogP) is 4.31. The summed E-state index contributed by atoms with van der Waals surface area (Å²) in [6.07, 6.45) is 5.53. The molecule has 33 heavy (non-hydrogen) atoms. The Labute approximate surface area is 203 Å². The molecule has 2 aromatic heterocycles. The molecule has 7 nitrogen and oxygen atoms in total. The molecule has 0 spiro atoms. The van der Waals surface area contributed by atoms with E-state index >= 15 is 0 Å². The molecular weight excluding hydrogens is 461 g/mol. The number of carbonyl (C=O) groups is 1. The first-order valence-corrected chi connectivity index (χ1v) is 11.7. The summed E-state index contributed by atoms with van der Waals surface area (Å²) < 4.78 is 7.70. The number of piperidine rings is 1. The predicted molar refractivity (Wildman–Crippen MR) is 129 cm³/mol. The maximum Gasteiger partial charge on any atom is 0.270 e. The molecule has 174 valence electrons. The van der Waals surface area contributed by atoms with Gasteiger partial charge in [0.25, 0.3) is 5.91 Å². The summed E-state index contributed by atoms with van der Waals surface area (Å²) in [7, 11) is 1.69. The zero-order valence-corrected chi connectivity index (χ0v) is 20.2. The third kappa shape index (κ3) is 5.73. The summed E-state index contributed by atoms with van der Waals surface area (Å²) in [4.78, 5) is 22.1. The zero-order chi connectivity index (χ0) is 23.4. The number of benzene rings is 1. The van der Waals surface area contributed by atoms with E-state index in [1.165, 1.54) is 0 Å². The van der Waals surface area contributed by atoms with Crippen LogP contribution in [0.4, 0.5) is 0 Å². The summed E-state index contributed by atoms with van der Waals surface area (Å²) in [5, 5.41) is 7.28. The lowest BCUT2D eigenvalue weighted by Crippen LogP contribution is -2.41. The second-order valence-electron chi connectivity index (χ2n) is 8.18. The molecule has 3 aromatic rings. The minimum Gasteiger partial charge on any atom is -0.366 e. The molecule has 9 heteroatoms. The Morgan fingerprint density at radius 1 is 1.24 bits per heavy atom.